The van der Waals surface area contributed by atoms with Crippen LogP contribution in [0.15, 0.2) is 0 Å². The van der Waals surface area contributed by atoms with Crippen LogP contribution in [0.5, 0.6) is 0 Å². The first-order valence-corrected chi connectivity index (χ1v) is 6.29. The molecule has 0 radical (unpaired) electrons. The Morgan fingerprint density at radius 2 is 1.47 bits per heavy atom. The van der Waals surface area contributed by atoms with Gasteiger partial charge in [-0.3, -0.25) is 0 Å². The number of hydrogen-bond acceptors (Lipinski definition) is 2. The Kier molecular flexibility index (Phi) is 7.20. The van der Waals surface area contributed by atoms with Crippen molar-refractivity contribution in [1.29, 1.82) is 0 Å². The SMILES string of the molecule is CCNCC(C)CNCC(C)C(C)(C)C. The van der Waals surface area contributed by atoms with E-state index in [-0.39, 0.29) is 0 Å². The Morgan fingerprint density at radius 3 is 1.93 bits per heavy atom. The molecule has 0 heterocycles. The van der Waals surface area contributed by atoms with Gasteiger partial charge in [0.25, 0.3) is 0 Å². The molecule has 2 heteroatoms. The third-order valence-corrected chi connectivity index (χ3v) is 3.16. The normalized spacial score (nSPS) is 16.4. The van der Waals surface area contributed by atoms with Crippen molar-refractivity contribution >= 4 is 0 Å². The van der Waals surface area contributed by atoms with Crippen molar-refractivity contribution in [2.75, 3.05) is 26.2 Å². The molecule has 92 valence electrons. The van der Waals surface area contributed by atoms with Gasteiger partial charge < -0.3 is 10.6 Å². The van der Waals surface area contributed by atoms with E-state index in [2.05, 4.69) is 52.2 Å². The van der Waals surface area contributed by atoms with Crippen LogP contribution < -0.4 is 10.6 Å². The molecule has 0 bridgehead atoms. The Bertz CT molecular complexity index is 149. The maximum atomic E-state index is 3.56. The lowest BCUT2D eigenvalue weighted by molar-refractivity contribution is 0.249. The second-order valence-electron chi connectivity index (χ2n) is 5.84. The van der Waals surface area contributed by atoms with E-state index in [1.807, 2.05) is 0 Å². The molecule has 0 aliphatic carbocycles. The fourth-order valence-corrected chi connectivity index (χ4v) is 1.32. The van der Waals surface area contributed by atoms with Crippen molar-refractivity contribution in [3.05, 3.63) is 0 Å². The summed E-state index contributed by atoms with van der Waals surface area (Å²) in [4.78, 5) is 0. The van der Waals surface area contributed by atoms with Crippen LogP contribution in [0.4, 0.5) is 0 Å². The summed E-state index contributed by atoms with van der Waals surface area (Å²) in [6.45, 7) is 18.1. The first-order chi connectivity index (χ1) is 6.88. The smallest absolute Gasteiger partial charge is 0.00109 e. The molecule has 2 unspecified atom stereocenters. The van der Waals surface area contributed by atoms with Crippen molar-refractivity contribution < 1.29 is 0 Å². The van der Waals surface area contributed by atoms with Gasteiger partial charge in [-0.15, -0.1) is 0 Å². The molecule has 2 nitrogen and oxygen atoms in total. The summed E-state index contributed by atoms with van der Waals surface area (Å²) in [5.41, 5.74) is 0.415. The van der Waals surface area contributed by atoms with Crippen LogP contribution in [0.25, 0.3) is 0 Å². The summed E-state index contributed by atoms with van der Waals surface area (Å²) in [5.74, 6) is 1.45. The molecule has 0 saturated heterocycles. The molecule has 0 fully saturated rings. The van der Waals surface area contributed by atoms with Crippen LogP contribution in [0, 0.1) is 17.3 Å². The van der Waals surface area contributed by atoms with E-state index in [0.717, 1.165) is 38.0 Å². The molecule has 0 aliphatic heterocycles. The third-order valence-electron chi connectivity index (χ3n) is 3.16. The van der Waals surface area contributed by atoms with Gasteiger partial charge in [0, 0.05) is 0 Å². The Morgan fingerprint density at radius 1 is 0.933 bits per heavy atom. The molecule has 15 heavy (non-hydrogen) atoms. The van der Waals surface area contributed by atoms with Crippen molar-refractivity contribution in [2.45, 2.75) is 41.5 Å². The highest BCUT2D eigenvalue weighted by atomic mass is 14.9. The second-order valence-corrected chi connectivity index (χ2v) is 5.84. The zero-order valence-electron chi connectivity index (χ0n) is 11.5. The van der Waals surface area contributed by atoms with Crippen molar-refractivity contribution in [3.8, 4) is 0 Å². The van der Waals surface area contributed by atoms with Gasteiger partial charge in [0.05, 0.1) is 0 Å². The van der Waals surface area contributed by atoms with Crippen molar-refractivity contribution in [3.63, 3.8) is 0 Å². The van der Waals surface area contributed by atoms with Crippen LogP contribution in [0.2, 0.25) is 0 Å². The summed E-state index contributed by atoms with van der Waals surface area (Å²) in [6.07, 6.45) is 0. The monoisotopic (exact) mass is 214 g/mol. The van der Waals surface area contributed by atoms with Gasteiger partial charge in [-0.05, 0) is 43.4 Å². The second kappa shape index (κ2) is 7.24. The summed E-state index contributed by atoms with van der Waals surface area (Å²) >= 11 is 0. The fourth-order valence-electron chi connectivity index (χ4n) is 1.32. The molecule has 0 aromatic heterocycles. The van der Waals surface area contributed by atoms with Gasteiger partial charge in [-0.2, -0.15) is 0 Å². The zero-order chi connectivity index (χ0) is 11.9. The van der Waals surface area contributed by atoms with E-state index in [9.17, 15) is 0 Å². The third kappa shape index (κ3) is 7.80. The van der Waals surface area contributed by atoms with Gasteiger partial charge in [-0.1, -0.05) is 41.5 Å². The first kappa shape index (κ1) is 14.9. The summed E-state index contributed by atoms with van der Waals surface area (Å²) in [6, 6.07) is 0. The lowest BCUT2D eigenvalue weighted by Gasteiger charge is -2.28. The minimum Gasteiger partial charge on any atom is -0.317 e. The van der Waals surface area contributed by atoms with Crippen LogP contribution in [0.1, 0.15) is 41.5 Å². The van der Waals surface area contributed by atoms with E-state index < -0.39 is 0 Å². The zero-order valence-corrected chi connectivity index (χ0v) is 11.5. The van der Waals surface area contributed by atoms with Crippen molar-refractivity contribution in [1.82, 2.24) is 10.6 Å². The van der Waals surface area contributed by atoms with Gasteiger partial charge >= 0.3 is 0 Å². The Labute approximate surface area is 96.2 Å². The number of hydrogen-bond donors (Lipinski definition) is 2. The quantitative estimate of drug-likeness (QED) is 0.680. The number of nitrogens with one attached hydrogen (secondary N) is 2. The average Bonchev–Trinajstić information content (AvgIpc) is 2.13. The van der Waals surface area contributed by atoms with Gasteiger partial charge in [0.1, 0.15) is 0 Å². The lowest BCUT2D eigenvalue weighted by atomic mass is 9.82. The molecular weight excluding hydrogens is 184 g/mol. The highest BCUT2D eigenvalue weighted by Gasteiger charge is 2.19. The highest BCUT2D eigenvalue weighted by molar-refractivity contribution is 4.72. The molecule has 0 amide bonds. The minimum atomic E-state index is 0.415. The van der Waals surface area contributed by atoms with E-state index in [4.69, 9.17) is 0 Å². The Balaban J connectivity index is 3.52. The largest absolute Gasteiger partial charge is 0.317 e. The molecule has 0 aromatic rings. The predicted molar refractivity (Wildman–Crippen MR) is 69.2 cm³/mol. The summed E-state index contributed by atoms with van der Waals surface area (Å²) in [5, 5.41) is 6.94. The fraction of sp³-hybridized carbons (Fsp3) is 1.00. The van der Waals surface area contributed by atoms with Gasteiger partial charge in [-0.25, -0.2) is 0 Å². The molecule has 0 spiro atoms. The lowest BCUT2D eigenvalue weighted by Crippen LogP contribution is -2.34. The molecule has 0 saturated carbocycles. The maximum Gasteiger partial charge on any atom is -0.00109 e. The predicted octanol–water partition coefficient (Wildman–Crippen LogP) is 2.50. The molecular formula is C13H30N2. The molecule has 0 aliphatic rings. The van der Waals surface area contributed by atoms with Gasteiger partial charge in [0.2, 0.25) is 0 Å². The molecule has 2 atom stereocenters. The Hall–Kier alpha value is -0.0800. The summed E-state index contributed by atoms with van der Waals surface area (Å²) < 4.78 is 0. The van der Waals surface area contributed by atoms with E-state index >= 15 is 0 Å². The first-order valence-electron chi connectivity index (χ1n) is 6.29. The maximum absolute atomic E-state index is 3.56. The van der Waals surface area contributed by atoms with E-state index in [0.29, 0.717) is 5.41 Å². The summed E-state index contributed by atoms with van der Waals surface area (Å²) in [7, 11) is 0. The van der Waals surface area contributed by atoms with Crippen LogP contribution in [0.3, 0.4) is 0 Å². The van der Waals surface area contributed by atoms with E-state index in [1.165, 1.54) is 0 Å². The molecule has 0 aromatic carbocycles. The van der Waals surface area contributed by atoms with Crippen LogP contribution in [-0.4, -0.2) is 26.2 Å². The van der Waals surface area contributed by atoms with Crippen LogP contribution in [-0.2, 0) is 0 Å². The molecule has 0 rings (SSSR count). The van der Waals surface area contributed by atoms with Gasteiger partial charge in [0.15, 0.2) is 0 Å². The van der Waals surface area contributed by atoms with Crippen LogP contribution >= 0.6 is 0 Å². The van der Waals surface area contributed by atoms with Crippen molar-refractivity contribution in [2.24, 2.45) is 17.3 Å². The molecule has 2 N–H and O–H groups in total. The minimum absolute atomic E-state index is 0.415. The topological polar surface area (TPSA) is 24.1 Å². The number of rotatable bonds is 7. The average molecular weight is 214 g/mol. The highest BCUT2D eigenvalue weighted by Crippen LogP contribution is 2.24. The van der Waals surface area contributed by atoms with E-state index in [1.54, 1.807) is 0 Å². The standard InChI is InChI=1S/C13H30N2/c1-7-14-8-11(2)9-15-10-12(3)13(4,5)6/h11-12,14-15H,7-10H2,1-6H3.